The summed E-state index contributed by atoms with van der Waals surface area (Å²) in [7, 11) is 0. The molecule has 0 aliphatic carbocycles. The first-order chi connectivity index (χ1) is 15.1. The maximum Gasteiger partial charge on any atom is 0.317 e. The highest BCUT2D eigenvalue weighted by molar-refractivity contribution is 5.75. The molecule has 3 rings (SSSR count). The SMILES string of the molecule is CCc1nc(C(C)C)nc(N2CCN(C(=O)NC(C)(C)C)CC2)c1Cc1ccc(F)cc1. The van der Waals surface area contributed by atoms with Gasteiger partial charge in [-0.2, -0.15) is 0 Å². The summed E-state index contributed by atoms with van der Waals surface area (Å²) in [5.41, 5.74) is 2.91. The molecule has 0 saturated carbocycles. The number of carbonyl (C=O) groups is 1. The number of rotatable bonds is 5. The van der Waals surface area contributed by atoms with Crippen molar-refractivity contribution in [2.24, 2.45) is 0 Å². The highest BCUT2D eigenvalue weighted by Gasteiger charge is 2.27. The highest BCUT2D eigenvalue weighted by Crippen LogP contribution is 2.28. The predicted molar refractivity (Wildman–Crippen MR) is 127 cm³/mol. The molecule has 2 heterocycles. The van der Waals surface area contributed by atoms with Crippen molar-refractivity contribution >= 4 is 11.8 Å². The van der Waals surface area contributed by atoms with Crippen molar-refractivity contribution in [2.75, 3.05) is 31.1 Å². The summed E-state index contributed by atoms with van der Waals surface area (Å²) < 4.78 is 13.4. The number of hydrogen-bond donors (Lipinski definition) is 1. The Morgan fingerprint density at radius 3 is 2.25 bits per heavy atom. The summed E-state index contributed by atoms with van der Waals surface area (Å²) in [6, 6.07) is 6.61. The van der Waals surface area contributed by atoms with Crippen molar-refractivity contribution in [1.29, 1.82) is 0 Å². The molecule has 0 radical (unpaired) electrons. The van der Waals surface area contributed by atoms with Crippen molar-refractivity contribution in [3.63, 3.8) is 0 Å². The minimum atomic E-state index is -0.259. The summed E-state index contributed by atoms with van der Waals surface area (Å²) >= 11 is 0. The lowest BCUT2D eigenvalue weighted by molar-refractivity contribution is 0.185. The molecule has 1 aliphatic rings. The second-order valence-corrected chi connectivity index (χ2v) is 9.80. The predicted octanol–water partition coefficient (Wildman–Crippen LogP) is 4.52. The number of piperazine rings is 1. The lowest BCUT2D eigenvalue weighted by atomic mass is 10.0. The van der Waals surface area contributed by atoms with E-state index >= 15 is 0 Å². The summed E-state index contributed by atoms with van der Waals surface area (Å²) in [5, 5.41) is 3.05. The van der Waals surface area contributed by atoms with Gasteiger partial charge in [-0.1, -0.05) is 32.9 Å². The Balaban J connectivity index is 1.88. The van der Waals surface area contributed by atoms with Gasteiger partial charge in [-0.3, -0.25) is 0 Å². The lowest BCUT2D eigenvalue weighted by Crippen LogP contribution is -2.55. The van der Waals surface area contributed by atoms with Gasteiger partial charge in [0, 0.05) is 55.3 Å². The molecule has 1 N–H and O–H groups in total. The van der Waals surface area contributed by atoms with E-state index in [1.807, 2.05) is 37.8 Å². The van der Waals surface area contributed by atoms with Crippen LogP contribution in [-0.4, -0.2) is 52.6 Å². The Morgan fingerprint density at radius 1 is 1.09 bits per heavy atom. The minimum Gasteiger partial charge on any atom is -0.353 e. The zero-order valence-electron chi connectivity index (χ0n) is 20.2. The van der Waals surface area contributed by atoms with Crippen LogP contribution in [0.1, 0.15) is 70.1 Å². The molecule has 0 spiro atoms. The number of carbonyl (C=O) groups excluding carboxylic acids is 1. The fraction of sp³-hybridized carbons (Fsp3) is 0.560. The molecule has 174 valence electrons. The lowest BCUT2D eigenvalue weighted by Gasteiger charge is -2.38. The van der Waals surface area contributed by atoms with Gasteiger partial charge in [-0.15, -0.1) is 0 Å². The zero-order valence-corrected chi connectivity index (χ0v) is 20.2. The molecule has 1 aromatic carbocycles. The summed E-state index contributed by atoms with van der Waals surface area (Å²) in [6.07, 6.45) is 1.46. The first-order valence-electron chi connectivity index (χ1n) is 11.5. The third-order valence-electron chi connectivity index (χ3n) is 5.58. The molecule has 1 fully saturated rings. The van der Waals surface area contributed by atoms with Crippen LogP contribution in [0.3, 0.4) is 0 Å². The number of benzene rings is 1. The summed E-state index contributed by atoms with van der Waals surface area (Å²) in [5.74, 6) is 1.77. The van der Waals surface area contributed by atoms with Crippen LogP contribution in [0, 0.1) is 5.82 Å². The van der Waals surface area contributed by atoms with E-state index in [1.54, 1.807) is 0 Å². The molecule has 32 heavy (non-hydrogen) atoms. The van der Waals surface area contributed by atoms with Crippen LogP contribution >= 0.6 is 0 Å². The fourth-order valence-electron chi connectivity index (χ4n) is 3.86. The molecule has 1 saturated heterocycles. The quantitative estimate of drug-likeness (QED) is 0.741. The van der Waals surface area contributed by atoms with Crippen LogP contribution in [0.4, 0.5) is 15.0 Å². The molecule has 7 heteroatoms. The van der Waals surface area contributed by atoms with Gasteiger partial charge < -0.3 is 15.1 Å². The average Bonchev–Trinajstić information content (AvgIpc) is 2.74. The van der Waals surface area contributed by atoms with Crippen LogP contribution in [-0.2, 0) is 12.8 Å². The number of aryl methyl sites for hydroxylation is 1. The van der Waals surface area contributed by atoms with Crippen LogP contribution in [0.5, 0.6) is 0 Å². The number of hydrogen-bond acceptors (Lipinski definition) is 4. The van der Waals surface area contributed by atoms with Gasteiger partial charge >= 0.3 is 6.03 Å². The monoisotopic (exact) mass is 441 g/mol. The molecular formula is C25H36FN5O. The van der Waals surface area contributed by atoms with Crippen LogP contribution in [0.2, 0.25) is 0 Å². The standard InChI is InChI=1S/C25H36FN5O/c1-7-21-20(16-18-8-10-19(26)11-9-18)23(28-22(27-21)17(2)3)30-12-14-31(15-13-30)24(32)29-25(4,5)6/h8-11,17H,7,12-16H2,1-6H3,(H,29,32). The van der Waals surface area contributed by atoms with Gasteiger partial charge in [0.2, 0.25) is 0 Å². The molecule has 6 nitrogen and oxygen atoms in total. The van der Waals surface area contributed by atoms with E-state index in [0.29, 0.717) is 32.6 Å². The molecule has 1 aromatic heterocycles. The van der Waals surface area contributed by atoms with Crippen LogP contribution < -0.4 is 10.2 Å². The Kier molecular flexibility index (Phi) is 7.36. The number of nitrogens with one attached hydrogen (secondary N) is 1. The molecular weight excluding hydrogens is 405 g/mol. The first kappa shape index (κ1) is 24.0. The normalized spacial score (nSPS) is 14.8. The van der Waals surface area contributed by atoms with Gasteiger partial charge in [0.25, 0.3) is 0 Å². The molecule has 2 aromatic rings. The van der Waals surface area contributed by atoms with Crippen molar-refractivity contribution < 1.29 is 9.18 Å². The maximum absolute atomic E-state index is 13.4. The van der Waals surface area contributed by atoms with E-state index in [0.717, 1.165) is 34.9 Å². The molecule has 2 amide bonds. The molecule has 0 unspecified atom stereocenters. The first-order valence-corrected chi connectivity index (χ1v) is 11.5. The number of amides is 2. The highest BCUT2D eigenvalue weighted by atomic mass is 19.1. The van der Waals surface area contributed by atoms with Gasteiger partial charge in [-0.25, -0.2) is 19.2 Å². The van der Waals surface area contributed by atoms with E-state index < -0.39 is 0 Å². The second-order valence-electron chi connectivity index (χ2n) is 9.80. The number of urea groups is 1. The zero-order chi connectivity index (χ0) is 23.5. The number of halogens is 1. The third-order valence-corrected chi connectivity index (χ3v) is 5.58. The smallest absolute Gasteiger partial charge is 0.317 e. The van der Waals surface area contributed by atoms with Crippen molar-refractivity contribution in [3.8, 4) is 0 Å². The minimum absolute atomic E-state index is 0.0245. The Labute approximate surface area is 191 Å². The van der Waals surface area contributed by atoms with Gasteiger partial charge in [0.05, 0.1) is 0 Å². The van der Waals surface area contributed by atoms with Crippen molar-refractivity contribution in [1.82, 2.24) is 20.2 Å². The Bertz CT molecular complexity index is 929. The van der Waals surface area contributed by atoms with E-state index in [2.05, 4.69) is 31.0 Å². The van der Waals surface area contributed by atoms with Gasteiger partial charge in [0.15, 0.2) is 0 Å². The van der Waals surface area contributed by atoms with Crippen molar-refractivity contribution in [2.45, 2.75) is 65.8 Å². The Morgan fingerprint density at radius 2 is 1.72 bits per heavy atom. The summed E-state index contributed by atoms with van der Waals surface area (Å²) in [4.78, 5) is 26.5. The molecule has 0 atom stereocenters. The largest absolute Gasteiger partial charge is 0.353 e. The van der Waals surface area contributed by atoms with E-state index in [9.17, 15) is 9.18 Å². The van der Waals surface area contributed by atoms with Crippen molar-refractivity contribution in [3.05, 3.63) is 52.7 Å². The van der Waals surface area contributed by atoms with E-state index in [4.69, 9.17) is 9.97 Å². The average molecular weight is 442 g/mol. The summed E-state index contributed by atoms with van der Waals surface area (Å²) in [6.45, 7) is 15.0. The number of aromatic nitrogens is 2. The van der Waals surface area contributed by atoms with Gasteiger partial charge in [-0.05, 0) is 44.9 Å². The van der Waals surface area contributed by atoms with Crippen LogP contribution in [0.25, 0.3) is 0 Å². The maximum atomic E-state index is 13.4. The second kappa shape index (κ2) is 9.84. The fourth-order valence-corrected chi connectivity index (χ4v) is 3.86. The topological polar surface area (TPSA) is 61.4 Å². The molecule has 1 aliphatic heterocycles. The Hall–Kier alpha value is -2.70. The van der Waals surface area contributed by atoms with E-state index in [1.165, 1.54) is 12.1 Å². The molecule has 0 bridgehead atoms. The van der Waals surface area contributed by atoms with Crippen LogP contribution in [0.15, 0.2) is 24.3 Å². The number of anilines is 1. The number of nitrogens with zero attached hydrogens (tertiary/aromatic N) is 4. The van der Waals surface area contributed by atoms with E-state index in [-0.39, 0.29) is 23.3 Å². The van der Waals surface area contributed by atoms with Gasteiger partial charge in [0.1, 0.15) is 17.5 Å². The third kappa shape index (κ3) is 5.96.